The molecule has 0 aliphatic carbocycles. The lowest BCUT2D eigenvalue weighted by Crippen LogP contribution is -2.31. The van der Waals surface area contributed by atoms with Crippen LogP contribution in [-0.4, -0.2) is 48.6 Å². The maximum absolute atomic E-state index is 11.5. The van der Waals surface area contributed by atoms with Crippen LogP contribution in [0.25, 0.3) is 10.2 Å². The van der Waals surface area contributed by atoms with Crippen LogP contribution in [0, 0.1) is 13.8 Å². The fourth-order valence-corrected chi connectivity index (χ4v) is 4.26. The second-order valence-corrected chi connectivity index (χ2v) is 8.41. The van der Waals surface area contributed by atoms with Crippen molar-refractivity contribution < 1.29 is 8.42 Å². The first-order chi connectivity index (χ1) is 10.3. The predicted octanol–water partition coefficient (Wildman–Crippen LogP) is 2.39. The van der Waals surface area contributed by atoms with Gasteiger partial charge in [0.2, 0.25) is 10.0 Å². The van der Waals surface area contributed by atoms with Crippen molar-refractivity contribution in [3.63, 3.8) is 0 Å². The van der Waals surface area contributed by atoms with Gasteiger partial charge < -0.3 is 5.32 Å². The first kappa shape index (κ1) is 17.1. The first-order valence-electron chi connectivity index (χ1n) is 7.24. The fourth-order valence-electron chi connectivity index (χ4n) is 2.34. The summed E-state index contributed by atoms with van der Waals surface area (Å²) in [7, 11) is -3.12. The van der Waals surface area contributed by atoms with Crippen molar-refractivity contribution in [1.82, 2.24) is 14.3 Å². The Morgan fingerprint density at radius 1 is 1.32 bits per heavy atom. The van der Waals surface area contributed by atoms with Crippen LogP contribution in [0.5, 0.6) is 0 Å². The maximum atomic E-state index is 11.5. The Morgan fingerprint density at radius 3 is 2.68 bits per heavy atom. The summed E-state index contributed by atoms with van der Waals surface area (Å²) < 4.78 is 24.5. The van der Waals surface area contributed by atoms with Gasteiger partial charge in [0.05, 0.1) is 11.6 Å². The molecule has 2 aromatic heterocycles. The molecule has 2 heterocycles. The number of sulfonamides is 1. The highest BCUT2D eigenvalue weighted by atomic mass is 32.2. The molecule has 8 heteroatoms. The van der Waals surface area contributed by atoms with Crippen LogP contribution in [0.4, 0.5) is 5.82 Å². The van der Waals surface area contributed by atoms with Gasteiger partial charge in [-0.05, 0) is 25.8 Å². The van der Waals surface area contributed by atoms with Gasteiger partial charge in [-0.2, -0.15) is 0 Å². The highest BCUT2D eigenvalue weighted by Crippen LogP contribution is 2.32. The van der Waals surface area contributed by atoms with E-state index in [2.05, 4.69) is 29.1 Å². The number of nitrogens with zero attached hydrogens (tertiary/aromatic N) is 3. The molecular weight excluding hydrogens is 320 g/mol. The molecular formula is C14H22N4O2S2. The number of thiophene rings is 1. The van der Waals surface area contributed by atoms with Gasteiger partial charge in [-0.1, -0.05) is 6.92 Å². The number of aryl methyl sites for hydroxylation is 2. The molecule has 0 spiro atoms. The topological polar surface area (TPSA) is 75.2 Å². The molecule has 0 aliphatic rings. The molecule has 2 aromatic rings. The number of hydrogen-bond acceptors (Lipinski definition) is 6. The molecule has 22 heavy (non-hydrogen) atoms. The van der Waals surface area contributed by atoms with E-state index in [1.54, 1.807) is 17.7 Å². The van der Waals surface area contributed by atoms with Crippen LogP contribution in [0.15, 0.2) is 6.33 Å². The second-order valence-electron chi connectivity index (χ2n) is 5.22. The largest absolute Gasteiger partial charge is 0.369 e. The van der Waals surface area contributed by atoms with Crippen LogP contribution >= 0.6 is 11.3 Å². The number of rotatable bonds is 7. The monoisotopic (exact) mass is 342 g/mol. The van der Waals surface area contributed by atoms with Gasteiger partial charge in [0.15, 0.2) is 0 Å². The third-order valence-electron chi connectivity index (χ3n) is 3.66. The Balaban J connectivity index is 2.01. The highest BCUT2D eigenvalue weighted by molar-refractivity contribution is 7.88. The van der Waals surface area contributed by atoms with Gasteiger partial charge >= 0.3 is 0 Å². The van der Waals surface area contributed by atoms with Crippen molar-refractivity contribution in [2.45, 2.75) is 27.2 Å². The zero-order chi connectivity index (χ0) is 16.3. The summed E-state index contributed by atoms with van der Waals surface area (Å²) in [6.07, 6.45) is 3.54. The lowest BCUT2D eigenvalue weighted by Gasteiger charge is -2.17. The molecule has 0 aromatic carbocycles. The van der Waals surface area contributed by atoms with Gasteiger partial charge in [0, 0.05) is 24.5 Å². The van der Waals surface area contributed by atoms with Gasteiger partial charge in [-0.15, -0.1) is 11.3 Å². The van der Waals surface area contributed by atoms with Crippen LogP contribution in [0.3, 0.4) is 0 Å². The zero-order valence-electron chi connectivity index (χ0n) is 13.4. The Morgan fingerprint density at radius 2 is 2.05 bits per heavy atom. The van der Waals surface area contributed by atoms with E-state index in [9.17, 15) is 8.42 Å². The van der Waals surface area contributed by atoms with Gasteiger partial charge in [-0.3, -0.25) is 0 Å². The molecule has 0 saturated carbocycles. The summed E-state index contributed by atoms with van der Waals surface area (Å²) in [6.45, 7) is 7.69. The summed E-state index contributed by atoms with van der Waals surface area (Å²) in [5.41, 5.74) is 1.20. The summed E-state index contributed by atoms with van der Waals surface area (Å²) in [5.74, 6) is 0.828. The van der Waals surface area contributed by atoms with Gasteiger partial charge in [0.25, 0.3) is 0 Å². The molecule has 0 amide bonds. The lowest BCUT2D eigenvalue weighted by molar-refractivity contribution is 0.428. The fraction of sp³-hybridized carbons (Fsp3) is 0.571. The second kappa shape index (κ2) is 6.89. The standard InChI is InChI=1S/C14H22N4O2S2/c1-5-18(22(4,19)20)8-6-7-15-13-12-10(2)11(3)21-14(12)17-9-16-13/h9H,5-8H2,1-4H3,(H,15,16,17). The molecule has 0 fully saturated rings. The third kappa shape index (κ3) is 3.74. The van der Waals surface area contributed by atoms with Crippen molar-refractivity contribution in [2.75, 3.05) is 31.2 Å². The van der Waals surface area contributed by atoms with Crippen LogP contribution in [-0.2, 0) is 10.0 Å². The van der Waals surface area contributed by atoms with Crippen LogP contribution in [0.2, 0.25) is 0 Å². The van der Waals surface area contributed by atoms with E-state index in [0.29, 0.717) is 19.6 Å². The summed E-state index contributed by atoms with van der Waals surface area (Å²) >= 11 is 1.67. The molecule has 6 nitrogen and oxygen atoms in total. The van der Waals surface area contributed by atoms with E-state index >= 15 is 0 Å². The minimum Gasteiger partial charge on any atom is -0.369 e. The van der Waals surface area contributed by atoms with E-state index in [4.69, 9.17) is 0 Å². The molecule has 2 rings (SSSR count). The third-order valence-corrected chi connectivity index (χ3v) is 6.16. The first-order valence-corrected chi connectivity index (χ1v) is 9.90. The Hall–Kier alpha value is -1.25. The quantitative estimate of drug-likeness (QED) is 0.782. The van der Waals surface area contributed by atoms with E-state index in [-0.39, 0.29) is 0 Å². The average molecular weight is 342 g/mol. The molecule has 1 N–H and O–H groups in total. The number of anilines is 1. The summed E-state index contributed by atoms with van der Waals surface area (Å²) in [5, 5.41) is 4.38. The predicted molar refractivity (Wildman–Crippen MR) is 92.1 cm³/mol. The SMILES string of the molecule is CCN(CCCNc1ncnc2sc(C)c(C)c12)S(C)(=O)=O. The van der Waals surface area contributed by atoms with Crippen molar-refractivity contribution in [1.29, 1.82) is 0 Å². The van der Waals surface area contributed by atoms with Crippen LogP contribution < -0.4 is 5.32 Å². The number of aromatic nitrogens is 2. The number of hydrogen-bond donors (Lipinski definition) is 1. The average Bonchev–Trinajstić information content (AvgIpc) is 2.73. The van der Waals surface area contributed by atoms with Gasteiger partial charge in [-0.25, -0.2) is 22.7 Å². The van der Waals surface area contributed by atoms with E-state index in [1.165, 1.54) is 21.0 Å². The molecule has 122 valence electrons. The smallest absolute Gasteiger partial charge is 0.211 e. The van der Waals surface area contributed by atoms with Crippen molar-refractivity contribution >= 4 is 37.4 Å². The summed E-state index contributed by atoms with van der Waals surface area (Å²) in [6, 6.07) is 0. The van der Waals surface area contributed by atoms with E-state index < -0.39 is 10.0 Å². The molecule has 0 saturated heterocycles. The number of nitrogens with one attached hydrogen (secondary N) is 1. The van der Waals surface area contributed by atoms with Crippen molar-refractivity contribution in [3.05, 3.63) is 16.8 Å². The molecule has 0 aliphatic heterocycles. The highest BCUT2D eigenvalue weighted by Gasteiger charge is 2.14. The Bertz CT molecular complexity index is 756. The normalized spacial score (nSPS) is 12.2. The Kier molecular flexibility index (Phi) is 5.36. The van der Waals surface area contributed by atoms with Crippen molar-refractivity contribution in [2.24, 2.45) is 0 Å². The molecule has 0 bridgehead atoms. The molecule has 0 atom stereocenters. The van der Waals surface area contributed by atoms with Crippen molar-refractivity contribution in [3.8, 4) is 0 Å². The van der Waals surface area contributed by atoms with E-state index in [0.717, 1.165) is 22.5 Å². The molecule has 0 radical (unpaired) electrons. The lowest BCUT2D eigenvalue weighted by atomic mass is 10.2. The minimum atomic E-state index is -3.12. The van der Waals surface area contributed by atoms with Gasteiger partial charge in [0.1, 0.15) is 17.0 Å². The van der Waals surface area contributed by atoms with E-state index in [1.807, 2.05) is 6.92 Å². The van der Waals surface area contributed by atoms with Crippen LogP contribution in [0.1, 0.15) is 23.8 Å². The zero-order valence-corrected chi connectivity index (χ0v) is 15.0. The molecule has 0 unspecified atom stereocenters. The minimum absolute atomic E-state index is 0.499. The number of fused-ring (bicyclic) bond motifs is 1. The maximum Gasteiger partial charge on any atom is 0.211 e. The summed E-state index contributed by atoms with van der Waals surface area (Å²) in [4.78, 5) is 10.9. The Labute approximate surface area is 135 Å².